The number of hydrogen-bond acceptors (Lipinski definition) is 6. The lowest BCUT2D eigenvalue weighted by atomic mass is 10.2. The van der Waals surface area contributed by atoms with Crippen molar-refractivity contribution in [3.8, 4) is 11.5 Å². The second-order valence-corrected chi connectivity index (χ2v) is 5.97. The smallest absolute Gasteiger partial charge is 0.163 e. The third-order valence-electron chi connectivity index (χ3n) is 4.26. The minimum Gasteiger partial charge on any atom is -0.493 e. The Bertz CT molecular complexity index is 658. The van der Waals surface area contributed by atoms with Crippen LogP contribution in [0.2, 0.25) is 0 Å². The highest BCUT2D eigenvalue weighted by Gasteiger charge is 2.17. The summed E-state index contributed by atoms with van der Waals surface area (Å²) in [5.74, 6) is 2.27. The Morgan fingerprint density at radius 3 is 2.83 bits per heavy atom. The fraction of sp³-hybridized carbons (Fsp3) is 0.500. The molecule has 1 aliphatic rings. The Hall–Kier alpha value is -2.21. The summed E-state index contributed by atoms with van der Waals surface area (Å²) < 4.78 is 22.1. The lowest BCUT2D eigenvalue weighted by Gasteiger charge is -2.15. The van der Waals surface area contributed by atoms with E-state index in [0.29, 0.717) is 13.2 Å². The number of methoxy groups -OCH3 is 1. The quantitative estimate of drug-likeness (QED) is 0.837. The first-order valence-electron chi connectivity index (χ1n) is 8.25. The zero-order valence-corrected chi connectivity index (χ0v) is 14.4. The zero-order chi connectivity index (χ0) is 16.9. The van der Waals surface area contributed by atoms with Crippen molar-refractivity contribution in [3.63, 3.8) is 0 Å². The van der Waals surface area contributed by atoms with Crippen molar-refractivity contribution in [1.82, 2.24) is 5.16 Å². The van der Waals surface area contributed by atoms with Gasteiger partial charge in [-0.05, 0) is 38.8 Å². The Balaban J connectivity index is 1.66. The molecule has 1 aliphatic heterocycles. The van der Waals surface area contributed by atoms with Gasteiger partial charge in [-0.2, -0.15) is 0 Å². The summed E-state index contributed by atoms with van der Waals surface area (Å²) in [6.45, 7) is 5.88. The summed E-state index contributed by atoms with van der Waals surface area (Å²) in [6, 6.07) is 5.82. The van der Waals surface area contributed by atoms with Gasteiger partial charge in [0.15, 0.2) is 11.5 Å². The van der Waals surface area contributed by atoms with Gasteiger partial charge in [-0.3, -0.25) is 0 Å². The van der Waals surface area contributed by atoms with Crippen LogP contribution in [0.4, 0.5) is 5.69 Å². The van der Waals surface area contributed by atoms with Gasteiger partial charge in [0, 0.05) is 30.5 Å². The first-order chi connectivity index (χ1) is 11.7. The summed E-state index contributed by atoms with van der Waals surface area (Å²) in [6.07, 6.45) is 2.32. The molecular weight excluding hydrogens is 308 g/mol. The molecule has 6 heteroatoms. The van der Waals surface area contributed by atoms with Gasteiger partial charge in [0.05, 0.1) is 18.9 Å². The topological polar surface area (TPSA) is 65.8 Å². The molecule has 0 saturated carbocycles. The number of rotatable bonds is 7. The molecule has 130 valence electrons. The molecule has 1 aromatic carbocycles. The van der Waals surface area contributed by atoms with Crippen molar-refractivity contribution < 1.29 is 18.7 Å². The number of anilines is 1. The molecule has 6 nitrogen and oxygen atoms in total. The first kappa shape index (κ1) is 16.6. The number of hydrogen-bond donors (Lipinski definition) is 1. The van der Waals surface area contributed by atoms with Crippen LogP contribution < -0.4 is 14.8 Å². The van der Waals surface area contributed by atoms with E-state index in [0.717, 1.165) is 53.7 Å². The molecule has 1 N–H and O–H groups in total. The molecule has 1 aromatic heterocycles. The van der Waals surface area contributed by atoms with E-state index in [-0.39, 0.29) is 6.10 Å². The zero-order valence-electron chi connectivity index (χ0n) is 14.4. The highest BCUT2D eigenvalue weighted by Crippen LogP contribution is 2.31. The molecule has 0 radical (unpaired) electrons. The summed E-state index contributed by atoms with van der Waals surface area (Å²) in [5.41, 5.74) is 2.94. The van der Waals surface area contributed by atoms with Crippen LogP contribution in [-0.2, 0) is 11.3 Å². The molecule has 0 amide bonds. The van der Waals surface area contributed by atoms with E-state index in [1.54, 1.807) is 7.11 Å². The molecule has 1 saturated heterocycles. The number of nitrogens with one attached hydrogen (secondary N) is 1. The number of ether oxygens (including phenoxy) is 3. The van der Waals surface area contributed by atoms with Crippen molar-refractivity contribution in [2.45, 2.75) is 39.3 Å². The number of aromatic nitrogens is 1. The normalized spacial score (nSPS) is 17.0. The number of nitrogens with zero attached hydrogens (tertiary/aromatic N) is 1. The number of aryl methyl sites for hydroxylation is 2. The summed E-state index contributed by atoms with van der Waals surface area (Å²) in [5, 5.41) is 7.35. The van der Waals surface area contributed by atoms with Crippen LogP contribution in [0.15, 0.2) is 22.7 Å². The van der Waals surface area contributed by atoms with Crippen molar-refractivity contribution in [1.29, 1.82) is 0 Å². The van der Waals surface area contributed by atoms with E-state index in [2.05, 4.69) is 10.5 Å². The molecule has 2 aromatic rings. The Kier molecular flexibility index (Phi) is 5.25. The van der Waals surface area contributed by atoms with E-state index >= 15 is 0 Å². The second-order valence-electron chi connectivity index (χ2n) is 5.97. The Morgan fingerprint density at radius 1 is 1.29 bits per heavy atom. The fourth-order valence-electron chi connectivity index (χ4n) is 2.80. The minimum atomic E-state index is 0.175. The standard InChI is InChI=1S/C18H24N2O4/c1-12-16(13(2)24-20-12)10-19-14-6-7-17(21-3)18(9-14)23-11-15-5-4-8-22-15/h6-7,9,15,19H,4-5,8,10-11H2,1-3H3/t15-/m1/s1. The predicted octanol–water partition coefficient (Wildman–Crippen LogP) is 3.47. The van der Waals surface area contributed by atoms with E-state index in [4.69, 9.17) is 18.7 Å². The first-order valence-corrected chi connectivity index (χ1v) is 8.25. The summed E-state index contributed by atoms with van der Waals surface area (Å²) in [4.78, 5) is 0. The number of benzene rings is 1. The lowest BCUT2D eigenvalue weighted by molar-refractivity contribution is 0.0670. The molecule has 24 heavy (non-hydrogen) atoms. The highest BCUT2D eigenvalue weighted by molar-refractivity contribution is 5.55. The minimum absolute atomic E-state index is 0.175. The molecule has 0 aliphatic carbocycles. The molecule has 0 spiro atoms. The van der Waals surface area contributed by atoms with Gasteiger partial charge >= 0.3 is 0 Å². The third kappa shape index (κ3) is 3.82. The average Bonchev–Trinajstić information content (AvgIpc) is 3.22. The molecule has 1 atom stereocenters. The lowest BCUT2D eigenvalue weighted by Crippen LogP contribution is -2.16. The van der Waals surface area contributed by atoms with Crippen molar-refractivity contribution in [2.75, 3.05) is 25.6 Å². The summed E-state index contributed by atoms with van der Waals surface area (Å²) >= 11 is 0. The maximum absolute atomic E-state index is 5.92. The van der Waals surface area contributed by atoms with Crippen LogP contribution in [0, 0.1) is 13.8 Å². The van der Waals surface area contributed by atoms with Gasteiger partial charge < -0.3 is 24.1 Å². The molecule has 2 heterocycles. The molecule has 0 bridgehead atoms. The van der Waals surface area contributed by atoms with Crippen LogP contribution in [0.3, 0.4) is 0 Å². The largest absolute Gasteiger partial charge is 0.493 e. The van der Waals surface area contributed by atoms with Gasteiger partial charge in [-0.25, -0.2) is 0 Å². The molecule has 0 unspecified atom stereocenters. The van der Waals surface area contributed by atoms with Crippen molar-refractivity contribution in [2.24, 2.45) is 0 Å². The van der Waals surface area contributed by atoms with E-state index < -0.39 is 0 Å². The summed E-state index contributed by atoms with van der Waals surface area (Å²) in [7, 11) is 1.64. The fourth-order valence-corrected chi connectivity index (χ4v) is 2.80. The monoisotopic (exact) mass is 332 g/mol. The van der Waals surface area contributed by atoms with Crippen molar-refractivity contribution >= 4 is 5.69 Å². The Morgan fingerprint density at radius 2 is 2.17 bits per heavy atom. The van der Waals surface area contributed by atoms with Gasteiger partial charge in [0.1, 0.15) is 12.4 Å². The van der Waals surface area contributed by atoms with Crippen LogP contribution in [0.5, 0.6) is 11.5 Å². The predicted molar refractivity (Wildman–Crippen MR) is 90.8 cm³/mol. The van der Waals surface area contributed by atoms with Crippen LogP contribution in [0.1, 0.15) is 29.9 Å². The Labute approximate surface area is 142 Å². The van der Waals surface area contributed by atoms with Crippen LogP contribution >= 0.6 is 0 Å². The van der Waals surface area contributed by atoms with E-state index in [1.807, 2.05) is 32.0 Å². The highest BCUT2D eigenvalue weighted by atomic mass is 16.5. The molecule has 1 fully saturated rings. The maximum atomic E-state index is 5.92. The van der Waals surface area contributed by atoms with Crippen molar-refractivity contribution in [3.05, 3.63) is 35.2 Å². The third-order valence-corrected chi connectivity index (χ3v) is 4.26. The van der Waals surface area contributed by atoms with E-state index in [9.17, 15) is 0 Å². The maximum Gasteiger partial charge on any atom is 0.163 e. The van der Waals surface area contributed by atoms with Gasteiger partial charge in [-0.15, -0.1) is 0 Å². The second kappa shape index (κ2) is 7.57. The molecule has 3 rings (SSSR count). The van der Waals surface area contributed by atoms with Gasteiger partial charge in [0.2, 0.25) is 0 Å². The van der Waals surface area contributed by atoms with E-state index in [1.165, 1.54) is 0 Å². The van der Waals surface area contributed by atoms with Crippen LogP contribution in [-0.4, -0.2) is 31.6 Å². The SMILES string of the molecule is COc1ccc(NCc2c(C)noc2C)cc1OC[C@H]1CCCO1. The van der Waals surface area contributed by atoms with Crippen LogP contribution in [0.25, 0.3) is 0 Å². The average molecular weight is 332 g/mol. The van der Waals surface area contributed by atoms with Gasteiger partial charge in [-0.1, -0.05) is 5.16 Å². The van der Waals surface area contributed by atoms with Gasteiger partial charge in [0.25, 0.3) is 0 Å². The molecular formula is C18H24N2O4.